The van der Waals surface area contributed by atoms with Crippen molar-refractivity contribution in [3.05, 3.63) is 83.4 Å². The third-order valence-corrected chi connectivity index (χ3v) is 6.83. The zero-order valence-corrected chi connectivity index (χ0v) is 24.0. The standard InChI is InChI=1S/C32H32O13/c1-17(33)2-3-18-6-11-22(12-7-18)43-32-30(45-31(41)20-14-23(35)27(38)24(36)15-20)29(40)28(39)25(44-32)16-42-26(37)13-8-19-4-9-21(34)10-5-19/h4-15,25,28-30,32,34-36,38-40H,2-3,16H2,1H3/t25-,28-,29+,30-,32-/m1/s1. The number of ketones is 1. The van der Waals surface area contributed by atoms with Crippen molar-refractivity contribution in [2.24, 2.45) is 0 Å². The summed E-state index contributed by atoms with van der Waals surface area (Å²) in [6.45, 7) is 0.959. The Morgan fingerprint density at radius 2 is 1.53 bits per heavy atom. The fraction of sp³-hybridized carbons (Fsp3) is 0.281. The number of esters is 2. The van der Waals surface area contributed by atoms with E-state index >= 15 is 0 Å². The normalized spacial score (nSPS) is 21.3. The Morgan fingerprint density at radius 3 is 2.16 bits per heavy atom. The number of hydrogen-bond acceptors (Lipinski definition) is 13. The molecule has 238 valence electrons. The number of phenols is 4. The highest BCUT2D eigenvalue weighted by atomic mass is 16.7. The van der Waals surface area contributed by atoms with Crippen LogP contribution in [0.15, 0.2) is 66.7 Å². The molecule has 1 aliphatic heterocycles. The number of hydrogen-bond donors (Lipinski definition) is 6. The van der Waals surface area contributed by atoms with Crippen LogP contribution in [-0.4, -0.2) is 85.7 Å². The molecule has 0 amide bonds. The van der Waals surface area contributed by atoms with Crippen molar-refractivity contribution in [1.82, 2.24) is 0 Å². The first-order valence-electron chi connectivity index (χ1n) is 13.8. The molecule has 1 heterocycles. The van der Waals surface area contributed by atoms with Crippen LogP contribution in [0.1, 0.15) is 34.8 Å². The Morgan fingerprint density at radius 1 is 0.889 bits per heavy atom. The van der Waals surface area contributed by atoms with Gasteiger partial charge in [0.1, 0.15) is 42.2 Å². The summed E-state index contributed by atoms with van der Waals surface area (Å²) in [5, 5.41) is 60.3. The molecule has 1 fully saturated rings. The number of rotatable bonds is 11. The molecule has 0 bridgehead atoms. The van der Waals surface area contributed by atoms with E-state index in [1.807, 2.05) is 0 Å². The van der Waals surface area contributed by atoms with E-state index in [2.05, 4.69) is 0 Å². The van der Waals surface area contributed by atoms with Crippen molar-refractivity contribution in [2.75, 3.05) is 6.61 Å². The summed E-state index contributed by atoms with van der Waals surface area (Å²) in [4.78, 5) is 36.5. The summed E-state index contributed by atoms with van der Waals surface area (Å²) in [6, 6.07) is 14.2. The van der Waals surface area contributed by atoms with Crippen LogP contribution in [0, 0.1) is 0 Å². The maximum Gasteiger partial charge on any atom is 0.339 e. The average molecular weight is 625 g/mol. The SMILES string of the molecule is CC(=O)CCc1ccc(O[C@@H]2O[C@H](COC(=O)C=Cc3ccc(O)cc3)[C@@H](O)[C@H](O)[C@H]2OC(=O)c2cc(O)c(O)c(O)c2)cc1. The smallest absolute Gasteiger partial charge is 0.339 e. The molecule has 0 saturated carbocycles. The summed E-state index contributed by atoms with van der Waals surface area (Å²) in [7, 11) is 0. The quantitative estimate of drug-likeness (QED) is 0.103. The lowest BCUT2D eigenvalue weighted by Gasteiger charge is -2.41. The zero-order chi connectivity index (χ0) is 32.7. The highest BCUT2D eigenvalue weighted by Gasteiger charge is 2.48. The highest BCUT2D eigenvalue weighted by molar-refractivity contribution is 5.91. The van der Waals surface area contributed by atoms with Crippen molar-refractivity contribution in [3.8, 4) is 28.7 Å². The van der Waals surface area contributed by atoms with Gasteiger partial charge in [-0.2, -0.15) is 0 Å². The molecule has 6 N–H and O–H groups in total. The molecule has 13 heteroatoms. The molecule has 0 aromatic heterocycles. The molecular formula is C32H32O13. The third kappa shape index (κ3) is 8.72. The molecule has 5 atom stereocenters. The van der Waals surface area contributed by atoms with Gasteiger partial charge in [-0.05, 0) is 66.9 Å². The number of aliphatic hydroxyl groups is 2. The lowest BCUT2D eigenvalue weighted by atomic mass is 9.99. The van der Waals surface area contributed by atoms with Crippen LogP contribution in [-0.2, 0) is 30.2 Å². The summed E-state index contributed by atoms with van der Waals surface area (Å²) in [5.41, 5.74) is 1.06. The molecule has 0 unspecified atom stereocenters. The lowest BCUT2D eigenvalue weighted by molar-refractivity contribution is -0.277. The second kappa shape index (κ2) is 14.6. The van der Waals surface area contributed by atoms with Gasteiger partial charge in [-0.15, -0.1) is 0 Å². The molecule has 4 rings (SSSR count). The van der Waals surface area contributed by atoms with E-state index in [1.165, 1.54) is 25.1 Å². The number of phenolic OH excluding ortho intramolecular Hbond substituents is 4. The maximum atomic E-state index is 12.9. The van der Waals surface area contributed by atoms with Crippen molar-refractivity contribution in [1.29, 1.82) is 0 Å². The maximum absolute atomic E-state index is 12.9. The molecule has 0 spiro atoms. The molecule has 0 radical (unpaired) electrons. The number of carbonyl (C=O) groups excluding carboxylic acids is 3. The van der Waals surface area contributed by atoms with E-state index in [4.69, 9.17) is 18.9 Å². The first-order chi connectivity index (χ1) is 21.4. The third-order valence-electron chi connectivity index (χ3n) is 6.83. The minimum Gasteiger partial charge on any atom is -0.508 e. The van der Waals surface area contributed by atoms with Gasteiger partial charge in [-0.1, -0.05) is 24.3 Å². The molecule has 3 aromatic rings. The van der Waals surface area contributed by atoms with Gasteiger partial charge >= 0.3 is 11.9 Å². The van der Waals surface area contributed by atoms with Gasteiger partial charge in [-0.25, -0.2) is 9.59 Å². The van der Waals surface area contributed by atoms with Crippen LogP contribution in [0.25, 0.3) is 6.08 Å². The summed E-state index contributed by atoms with van der Waals surface area (Å²) >= 11 is 0. The molecule has 0 aliphatic carbocycles. The Balaban J connectivity index is 1.50. The second-order valence-corrected chi connectivity index (χ2v) is 10.3. The first kappa shape index (κ1) is 32.8. The van der Waals surface area contributed by atoms with Gasteiger partial charge in [0.15, 0.2) is 23.4 Å². The largest absolute Gasteiger partial charge is 0.508 e. The Kier molecular flexibility index (Phi) is 10.6. The fourth-order valence-corrected chi connectivity index (χ4v) is 4.33. The van der Waals surface area contributed by atoms with Crippen molar-refractivity contribution < 1.29 is 64.0 Å². The summed E-state index contributed by atoms with van der Waals surface area (Å²) in [5.74, 6) is -4.13. The average Bonchev–Trinajstić information content (AvgIpc) is 3.01. The van der Waals surface area contributed by atoms with Gasteiger partial charge in [0.05, 0.1) is 5.56 Å². The first-order valence-corrected chi connectivity index (χ1v) is 13.8. The van der Waals surface area contributed by atoms with E-state index < -0.39 is 72.1 Å². The molecule has 45 heavy (non-hydrogen) atoms. The van der Waals surface area contributed by atoms with E-state index in [0.29, 0.717) is 18.4 Å². The van der Waals surface area contributed by atoms with E-state index in [-0.39, 0.29) is 17.3 Å². The lowest BCUT2D eigenvalue weighted by Crippen LogP contribution is -2.61. The van der Waals surface area contributed by atoms with Crippen molar-refractivity contribution in [2.45, 2.75) is 50.5 Å². The van der Waals surface area contributed by atoms with Crippen LogP contribution >= 0.6 is 0 Å². The minimum atomic E-state index is -1.82. The zero-order valence-electron chi connectivity index (χ0n) is 24.0. The van der Waals surface area contributed by atoms with E-state index in [1.54, 1.807) is 36.4 Å². The van der Waals surface area contributed by atoms with Gasteiger partial charge in [0, 0.05) is 12.5 Å². The molecule has 1 aliphatic rings. The number of Topliss-reactive ketones (excluding diaryl/α,β-unsaturated/α-hetero) is 1. The monoisotopic (exact) mass is 624 g/mol. The number of aliphatic hydroxyl groups excluding tert-OH is 2. The highest BCUT2D eigenvalue weighted by Crippen LogP contribution is 2.36. The van der Waals surface area contributed by atoms with Crippen LogP contribution in [0.5, 0.6) is 28.7 Å². The van der Waals surface area contributed by atoms with Crippen LogP contribution in [0.3, 0.4) is 0 Å². The number of aromatic hydroxyl groups is 4. The predicted molar refractivity (Wildman–Crippen MR) is 155 cm³/mol. The van der Waals surface area contributed by atoms with Gasteiger partial charge in [0.25, 0.3) is 0 Å². The Hall–Kier alpha value is -5.11. The fourth-order valence-electron chi connectivity index (χ4n) is 4.33. The van der Waals surface area contributed by atoms with Crippen LogP contribution < -0.4 is 4.74 Å². The topological polar surface area (TPSA) is 210 Å². The van der Waals surface area contributed by atoms with Crippen LogP contribution in [0.2, 0.25) is 0 Å². The summed E-state index contributed by atoms with van der Waals surface area (Å²) < 4.78 is 22.2. The molecule has 3 aromatic carbocycles. The minimum absolute atomic E-state index is 0.0287. The van der Waals surface area contributed by atoms with Gasteiger partial charge in [-0.3, -0.25) is 0 Å². The van der Waals surface area contributed by atoms with E-state index in [9.17, 15) is 45.0 Å². The van der Waals surface area contributed by atoms with Gasteiger partial charge in [0.2, 0.25) is 6.29 Å². The van der Waals surface area contributed by atoms with Crippen molar-refractivity contribution in [3.63, 3.8) is 0 Å². The Labute approximate surface area is 257 Å². The second-order valence-electron chi connectivity index (χ2n) is 10.3. The van der Waals surface area contributed by atoms with E-state index in [0.717, 1.165) is 23.8 Å². The predicted octanol–water partition coefficient (Wildman–Crippen LogP) is 2.34. The van der Waals surface area contributed by atoms with Crippen molar-refractivity contribution >= 4 is 23.8 Å². The van der Waals surface area contributed by atoms with Crippen LogP contribution in [0.4, 0.5) is 0 Å². The molecule has 1 saturated heterocycles. The number of ether oxygens (including phenoxy) is 4. The number of benzene rings is 3. The Bertz CT molecular complexity index is 1510. The number of aryl methyl sites for hydroxylation is 1. The molecule has 13 nitrogen and oxygen atoms in total. The summed E-state index contributed by atoms with van der Waals surface area (Å²) in [6.07, 6.45) is -4.69. The van der Waals surface area contributed by atoms with Gasteiger partial charge < -0.3 is 54.4 Å². The molecular weight excluding hydrogens is 592 g/mol. The number of carbonyl (C=O) groups is 3.